The number of hydrogen-bond donors (Lipinski definition) is 1. The van der Waals surface area contributed by atoms with E-state index in [1.165, 1.54) is 56.9 Å². The first-order valence-corrected chi connectivity index (χ1v) is 11.3. The lowest BCUT2D eigenvalue weighted by Gasteiger charge is -2.03. The average molecular weight is 395 g/mol. The number of aromatic nitrogens is 2. The van der Waals surface area contributed by atoms with E-state index >= 15 is 0 Å². The van der Waals surface area contributed by atoms with Crippen LogP contribution >= 0.6 is 11.3 Å². The Bertz CT molecular complexity index is 825. The van der Waals surface area contributed by atoms with E-state index in [9.17, 15) is 5.11 Å². The number of benzene rings is 2. The molecule has 0 fully saturated rings. The highest BCUT2D eigenvalue weighted by Crippen LogP contribution is 2.30. The first-order chi connectivity index (χ1) is 13.8. The molecule has 4 heteroatoms. The van der Waals surface area contributed by atoms with Gasteiger partial charge in [-0.25, -0.2) is 0 Å². The van der Waals surface area contributed by atoms with E-state index in [0.717, 1.165) is 27.6 Å². The van der Waals surface area contributed by atoms with Gasteiger partial charge in [0.05, 0.1) is 0 Å². The van der Waals surface area contributed by atoms with Gasteiger partial charge in [-0.2, -0.15) is 0 Å². The van der Waals surface area contributed by atoms with Crippen LogP contribution in [0.25, 0.3) is 21.1 Å². The molecule has 0 radical (unpaired) electrons. The lowest BCUT2D eigenvalue weighted by Crippen LogP contribution is -1.87. The molecule has 0 unspecified atom stereocenters. The fourth-order valence-electron chi connectivity index (χ4n) is 3.34. The van der Waals surface area contributed by atoms with Crippen LogP contribution in [-0.2, 0) is 6.42 Å². The van der Waals surface area contributed by atoms with Crippen molar-refractivity contribution in [3.05, 3.63) is 54.1 Å². The van der Waals surface area contributed by atoms with E-state index in [1.807, 2.05) is 12.1 Å². The number of aromatic hydroxyl groups is 1. The van der Waals surface area contributed by atoms with Gasteiger partial charge >= 0.3 is 0 Å². The van der Waals surface area contributed by atoms with Crippen molar-refractivity contribution in [3.8, 4) is 26.9 Å². The summed E-state index contributed by atoms with van der Waals surface area (Å²) in [5.41, 5.74) is 3.49. The molecule has 148 valence electrons. The van der Waals surface area contributed by atoms with E-state index < -0.39 is 0 Å². The minimum absolute atomic E-state index is 0.264. The van der Waals surface area contributed by atoms with Crippen LogP contribution in [0.4, 0.5) is 0 Å². The third kappa shape index (κ3) is 6.16. The molecule has 0 saturated carbocycles. The molecule has 1 heterocycles. The molecule has 1 aromatic heterocycles. The monoisotopic (exact) mass is 394 g/mol. The molecular weight excluding hydrogens is 364 g/mol. The fraction of sp³-hybridized carbons (Fsp3) is 0.417. The summed E-state index contributed by atoms with van der Waals surface area (Å²) >= 11 is 1.58. The third-order valence-corrected chi connectivity index (χ3v) is 6.08. The van der Waals surface area contributed by atoms with Crippen molar-refractivity contribution < 1.29 is 5.11 Å². The van der Waals surface area contributed by atoms with Crippen molar-refractivity contribution in [1.29, 1.82) is 0 Å². The highest BCUT2D eigenvalue weighted by molar-refractivity contribution is 7.17. The van der Waals surface area contributed by atoms with Crippen molar-refractivity contribution >= 4 is 11.3 Å². The van der Waals surface area contributed by atoms with Crippen LogP contribution in [0, 0.1) is 0 Å². The Hall–Kier alpha value is -2.20. The summed E-state index contributed by atoms with van der Waals surface area (Å²) in [5, 5.41) is 19.9. The molecule has 3 aromatic rings. The Morgan fingerprint density at radius 3 is 1.75 bits per heavy atom. The molecule has 3 rings (SSSR count). The number of nitrogens with zero attached hydrogens (tertiary/aromatic N) is 2. The topological polar surface area (TPSA) is 46.0 Å². The van der Waals surface area contributed by atoms with Crippen molar-refractivity contribution in [2.45, 2.75) is 64.7 Å². The summed E-state index contributed by atoms with van der Waals surface area (Å²) in [7, 11) is 0. The van der Waals surface area contributed by atoms with Crippen LogP contribution in [0.3, 0.4) is 0 Å². The van der Waals surface area contributed by atoms with E-state index in [-0.39, 0.29) is 5.75 Å². The highest BCUT2D eigenvalue weighted by Gasteiger charge is 2.08. The van der Waals surface area contributed by atoms with Gasteiger partial charge in [0.2, 0.25) is 0 Å². The van der Waals surface area contributed by atoms with Gasteiger partial charge in [0.1, 0.15) is 15.8 Å². The summed E-state index contributed by atoms with van der Waals surface area (Å²) < 4.78 is 0. The van der Waals surface area contributed by atoms with Crippen LogP contribution in [0.1, 0.15) is 63.9 Å². The number of unbranched alkanes of at least 4 members (excludes halogenated alkanes) is 7. The fourth-order valence-corrected chi connectivity index (χ4v) is 4.19. The number of phenols is 1. The zero-order chi connectivity index (χ0) is 19.6. The summed E-state index contributed by atoms with van der Waals surface area (Å²) in [4.78, 5) is 0. The average Bonchev–Trinajstić information content (AvgIpc) is 3.21. The zero-order valence-electron chi connectivity index (χ0n) is 16.7. The van der Waals surface area contributed by atoms with Crippen molar-refractivity contribution in [2.24, 2.45) is 0 Å². The maximum absolute atomic E-state index is 9.42. The SMILES string of the molecule is CCCCCCCCCCc1ccc(-c2nnc(-c3ccc(O)cc3)s2)cc1. The van der Waals surface area contributed by atoms with Gasteiger partial charge in [0.25, 0.3) is 0 Å². The third-order valence-electron chi connectivity index (χ3n) is 5.06. The van der Waals surface area contributed by atoms with Gasteiger partial charge in [-0.3, -0.25) is 0 Å². The normalized spacial score (nSPS) is 11.0. The summed E-state index contributed by atoms with van der Waals surface area (Å²) in [6, 6.07) is 15.8. The Labute approximate surface area is 172 Å². The van der Waals surface area contributed by atoms with Gasteiger partial charge in [-0.1, -0.05) is 87.5 Å². The van der Waals surface area contributed by atoms with E-state index in [4.69, 9.17) is 0 Å². The molecule has 0 bridgehead atoms. The molecule has 3 nitrogen and oxygen atoms in total. The molecule has 0 aliphatic rings. The number of rotatable bonds is 11. The van der Waals surface area contributed by atoms with Gasteiger partial charge in [-0.15, -0.1) is 10.2 Å². The summed E-state index contributed by atoms with van der Waals surface area (Å²) in [6.45, 7) is 2.27. The molecule has 2 aromatic carbocycles. The van der Waals surface area contributed by atoms with Crippen LogP contribution in [0.5, 0.6) is 5.75 Å². The Morgan fingerprint density at radius 1 is 0.679 bits per heavy atom. The van der Waals surface area contributed by atoms with Gasteiger partial charge in [0.15, 0.2) is 0 Å². The lowest BCUT2D eigenvalue weighted by atomic mass is 10.0. The minimum atomic E-state index is 0.264. The number of aryl methyl sites for hydroxylation is 1. The molecule has 0 aliphatic carbocycles. The zero-order valence-corrected chi connectivity index (χ0v) is 17.5. The molecule has 1 N–H and O–H groups in total. The predicted octanol–water partition coefficient (Wildman–Crippen LogP) is 7.26. The van der Waals surface area contributed by atoms with Gasteiger partial charge in [-0.05, 0) is 42.7 Å². The molecule has 0 spiro atoms. The second kappa shape index (κ2) is 11.0. The summed E-state index contributed by atoms with van der Waals surface area (Å²) in [5.74, 6) is 0.264. The molecular formula is C24H30N2OS. The molecule has 0 saturated heterocycles. The highest BCUT2D eigenvalue weighted by atomic mass is 32.1. The molecule has 0 aliphatic heterocycles. The quantitative estimate of drug-likeness (QED) is 0.348. The summed E-state index contributed by atoms with van der Waals surface area (Å²) in [6.07, 6.45) is 12.0. The van der Waals surface area contributed by atoms with Crippen molar-refractivity contribution in [1.82, 2.24) is 10.2 Å². The molecule has 0 amide bonds. The maximum atomic E-state index is 9.42. The van der Waals surface area contributed by atoms with Gasteiger partial charge in [0, 0.05) is 11.1 Å². The first-order valence-electron chi connectivity index (χ1n) is 10.5. The van der Waals surface area contributed by atoms with Crippen molar-refractivity contribution in [2.75, 3.05) is 0 Å². The Morgan fingerprint density at radius 2 is 1.18 bits per heavy atom. The van der Waals surface area contributed by atoms with Crippen LogP contribution in [-0.4, -0.2) is 15.3 Å². The first kappa shape index (κ1) is 20.5. The van der Waals surface area contributed by atoms with E-state index in [1.54, 1.807) is 23.5 Å². The lowest BCUT2D eigenvalue weighted by molar-refractivity contribution is 0.475. The van der Waals surface area contributed by atoms with Gasteiger partial charge < -0.3 is 5.11 Å². The van der Waals surface area contributed by atoms with E-state index in [0.29, 0.717) is 0 Å². The standard InChI is InChI=1S/C24H30N2OS/c1-2-3-4-5-6-7-8-9-10-19-11-13-20(14-12-19)23-25-26-24(28-23)21-15-17-22(27)18-16-21/h11-18,27H,2-10H2,1H3. The van der Waals surface area contributed by atoms with E-state index in [2.05, 4.69) is 41.4 Å². The molecule has 0 atom stereocenters. The minimum Gasteiger partial charge on any atom is -0.508 e. The largest absolute Gasteiger partial charge is 0.508 e. The van der Waals surface area contributed by atoms with Crippen molar-refractivity contribution in [3.63, 3.8) is 0 Å². The van der Waals surface area contributed by atoms with Crippen LogP contribution in [0.15, 0.2) is 48.5 Å². The predicted molar refractivity (Wildman–Crippen MR) is 119 cm³/mol. The molecule has 28 heavy (non-hydrogen) atoms. The Kier molecular flexibility index (Phi) is 8.04. The van der Waals surface area contributed by atoms with Crippen LogP contribution < -0.4 is 0 Å². The number of phenolic OH excluding ortho intramolecular Hbond substituents is 1. The smallest absolute Gasteiger partial charge is 0.148 e. The maximum Gasteiger partial charge on any atom is 0.148 e. The second-order valence-electron chi connectivity index (χ2n) is 7.38. The second-order valence-corrected chi connectivity index (χ2v) is 8.36. The van der Waals surface area contributed by atoms with Crippen LogP contribution in [0.2, 0.25) is 0 Å². The number of hydrogen-bond acceptors (Lipinski definition) is 4. The Balaban J connectivity index is 1.46.